The molecule has 0 aromatic heterocycles. The second-order valence-electron chi connectivity index (χ2n) is 8.57. The van der Waals surface area contributed by atoms with Crippen molar-refractivity contribution < 1.29 is 13.2 Å². The highest BCUT2D eigenvalue weighted by Gasteiger charge is 2.22. The number of fused-ring (bicyclic) bond motifs is 1. The number of benzene rings is 3. The maximum absolute atomic E-state index is 12.7. The topological polar surface area (TPSA) is 124 Å². The summed E-state index contributed by atoms with van der Waals surface area (Å²) in [6, 6.07) is 17.9. The SMILES string of the molecule is CC(=N)N1CCC(Oc2ccc(N(c3ccc4ccc(C(=N)N)cc4c3)S(C)(=O)=O)cc2)CC1. The summed E-state index contributed by atoms with van der Waals surface area (Å²) in [5.74, 6) is 1.23. The number of ether oxygens (including phenoxy) is 1. The van der Waals surface area contributed by atoms with Crippen molar-refractivity contribution in [3.8, 4) is 5.75 Å². The average Bonchev–Trinajstić information content (AvgIpc) is 2.79. The van der Waals surface area contributed by atoms with E-state index in [1.807, 2.05) is 17.0 Å². The minimum absolute atomic E-state index is 0.0403. The highest BCUT2D eigenvalue weighted by Crippen LogP contribution is 2.33. The van der Waals surface area contributed by atoms with Gasteiger partial charge in [-0.25, -0.2) is 12.7 Å². The van der Waals surface area contributed by atoms with Crippen molar-refractivity contribution in [1.29, 1.82) is 10.8 Å². The maximum Gasteiger partial charge on any atom is 0.236 e. The molecular formula is C25H29N5O3S. The van der Waals surface area contributed by atoms with Crippen LogP contribution in [-0.2, 0) is 10.0 Å². The zero-order valence-corrected chi connectivity index (χ0v) is 20.1. The number of nitrogen functional groups attached to an aromatic ring is 1. The molecule has 1 aliphatic rings. The molecule has 1 saturated heterocycles. The summed E-state index contributed by atoms with van der Waals surface area (Å²) in [4.78, 5) is 2.04. The molecule has 34 heavy (non-hydrogen) atoms. The first-order valence-corrected chi connectivity index (χ1v) is 12.9. The van der Waals surface area contributed by atoms with Gasteiger partial charge in [0.1, 0.15) is 17.7 Å². The molecule has 0 saturated carbocycles. The predicted octanol–water partition coefficient (Wildman–Crippen LogP) is 4.06. The Bertz CT molecular complexity index is 1330. The number of nitrogens with zero attached hydrogens (tertiary/aromatic N) is 2. The normalized spacial score (nSPS) is 14.7. The first kappa shape index (κ1) is 23.6. The van der Waals surface area contributed by atoms with E-state index in [4.69, 9.17) is 21.3 Å². The summed E-state index contributed by atoms with van der Waals surface area (Å²) < 4.78 is 32.9. The van der Waals surface area contributed by atoms with Gasteiger partial charge in [-0.1, -0.05) is 18.2 Å². The lowest BCUT2D eigenvalue weighted by Crippen LogP contribution is -2.40. The Kier molecular flexibility index (Phi) is 6.47. The van der Waals surface area contributed by atoms with E-state index in [1.165, 1.54) is 10.6 Å². The minimum atomic E-state index is -3.62. The molecule has 8 nitrogen and oxygen atoms in total. The Hall–Kier alpha value is -3.59. The van der Waals surface area contributed by atoms with Crippen LogP contribution in [0, 0.1) is 10.8 Å². The van der Waals surface area contributed by atoms with Gasteiger partial charge in [-0.15, -0.1) is 0 Å². The third-order valence-corrected chi connectivity index (χ3v) is 7.08. The average molecular weight is 480 g/mol. The van der Waals surface area contributed by atoms with Crippen LogP contribution >= 0.6 is 0 Å². The smallest absolute Gasteiger partial charge is 0.236 e. The third-order valence-electron chi connectivity index (χ3n) is 5.99. The molecule has 4 N–H and O–H groups in total. The molecule has 1 heterocycles. The zero-order chi connectivity index (χ0) is 24.5. The number of piperidine rings is 1. The quantitative estimate of drug-likeness (QED) is 0.363. The van der Waals surface area contributed by atoms with Crippen molar-refractivity contribution in [2.45, 2.75) is 25.9 Å². The van der Waals surface area contributed by atoms with Crippen LogP contribution < -0.4 is 14.8 Å². The molecule has 9 heteroatoms. The fraction of sp³-hybridized carbons (Fsp3) is 0.280. The Morgan fingerprint density at radius 3 is 2.18 bits per heavy atom. The molecule has 1 fully saturated rings. The molecule has 0 bridgehead atoms. The van der Waals surface area contributed by atoms with Crippen LogP contribution in [0.15, 0.2) is 60.7 Å². The highest BCUT2D eigenvalue weighted by atomic mass is 32.2. The Balaban J connectivity index is 1.58. The molecule has 3 aromatic rings. The van der Waals surface area contributed by atoms with Crippen molar-refractivity contribution >= 4 is 43.8 Å². The standard InChI is InChI=1S/C25H29N5O3S/c1-17(26)29-13-11-24(12-14-29)33-23-9-7-21(8-10-23)30(34(2,31)32)22-6-5-18-3-4-19(25(27)28)15-20(18)16-22/h3-10,15-16,24,26H,11-14H2,1-2H3,(H3,27,28). The molecule has 178 valence electrons. The van der Waals surface area contributed by atoms with Crippen molar-refractivity contribution in [2.24, 2.45) is 5.73 Å². The molecule has 0 spiro atoms. The second-order valence-corrected chi connectivity index (χ2v) is 10.4. The lowest BCUT2D eigenvalue weighted by Gasteiger charge is -2.32. The van der Waals surface area contributed by atoms with Gasteiger partial charge in [0, 0.05) is 31.5 Å². The lowest BCUT2D eigenvalue weighted by molar-refractivity contribution is 0.130. The molecule has 4 rings (SSSR count). The van der Waals surface area contributed by atoms with Crippen LogP contribution in [0.2, 0.25) is 0 Å². The van der Waals surface area contributed by atoms with Gasteiger partial charge in [0.15, 0.2) is 0 Å². The molecular weight excluding hydrogens is 450 g/mol. The summed E-state index contributed by atoms with van der Waals surface area (Å²) in [7, 11) is -3.62. The van der Waals surface area contributed by atoms with E-state index in [0.29, 0.717) is 28.5 Å². The Labute approximate surface area is 200 Å². The molecule has 0 aliphatic carbocycles. The van der Waals surface area contributed by atoms with Gasteiger partial charge in [-0.05, 0) is 60.2 Å². The number of hydrogen-bond donors (Lipinski definition) is 3. The Morgan fingerprint density at radius 2 is 1.59 bits per heavy atom. The summed E-state index contributed by atoms with van der Waals surface area (Å²) in [5.41, 5.74) is 7.20. The number of likely N-dealkylation sites (tertiary alicyclic amines) is 1. The summed E-state index contributed by atoms with van der Waals surface area (Å²) in [6.07, 6.45) is 2.93. The third kappa shape index (κ3) is 5.14. The molecule has 0 amide bonds. The predicted molar refractivity (Wildman–Crippen MR) is 137 cm³/mol. The number of sulfonamides is 1. The van der Waals surface area contributed by atoms with Crippen LogP contribution in [-0.4, -0.2) is 50.4 Å². The van der Waals surface area contributed by atoms with E-state index in [-0.39, 0.29) is 11.9 Å². The number of nitrogens with two attached hydrogens (primary N) is 1. The van der Waals surface area contributed by atoms with Gasteiger partial charge < -0.3 is 15.4 Å². The van der Waals surface area contributed by atoms with E-state index < -0.39 is 10.0 Å². The fourth-order valence-electron chi connectivity index (χ4n) is 4.22. The first-order chi connectivity index (χ1) is 16.1. The maximum atomic E-state index is 12.7. The van der Waals surface area contributed by atoms with Crippen molar-refractivity contribution in [2.75, 3.05) is 23.7 Å². The van der Waals surface area contributed by atoms with Crippen LogP contribution in [0.1, 0.15) is 25.3 Å². The van der Waals surface area contributed by atoms with E-state index in [1.54, 1.807) is 55.5 Å². The van der Waals surface area contributed by atoms with E-state index in [2.05, 4.69) is 0 Å². The molecule has 3 aromatic carbocycles. The largest absolute Gasteiger partial charge is 0.490 e. The van der Waals surface area contributed by atoms with Gasteiger partial charge >= 0.3 is 0 Å². The van der Waals surface area contributed by atoms with Crippen LogP contribution in [0.25, 0.3) is 10.8 Å². The summed E-state index contributed by atoms with van der Waals surface area (Å²) in [6.45, 7) is 3.39. The molecule has 0 atom stereocenters. The molecule has 1 aliphatic heterocycles. The lowest BCUT2D eigenvalue weighted by atomic mass is 10.1. The summed E-state index contributed by atoms with van der Waals surface area (Å²) >= 11 is 0. The summed E-state index contributed by atoms with van der Waals surface area (Å²) in [5, 5.41) is 17.1. The number of rotatable bonds is 6. The number of hydrogen-bond acceptors (Lipinski definition) is 5. The molecule has 0 unspecified atom stereocenters. The number of anilines is 2. The van der Waals surface area contributed by atoms with Crippen molar-refractivity contribution in [1.82, 2.24) is 4.90 Å². The number of nitrogens with one attached hydrogen (secondary N) is 2. The van der Waals surface area contributed by atoms with Crippen LogP contribution in [0.3, 0.4) is 0 Å². The number of amidine groups is 2. The van der Waals surface area contributed by atoms with Gasteiger partial charge in [0.05, 0.1) is 23.5 Å². The van der Waals surface area contributed by atoms with Gasteiger partial charge in [-0.3, -0.25) is 10.8 Å². The van der Waals surface area contributed by atoms with E-state index >= 15 is 0 Å². The fourth-order valence-corrected chi connectivity index (χ4v) is 5.22. The van der Waals surface area contributed by atoms with Gasteiger partial charge in [-0.2, -0.15) is 0 Å². The zero-order valence-electron chi connectivity index (χ0n) is 19.3. The second kappa shape index (κ2) is 9.34. The van der Waals surface area contributed by atoms with Crippen LogP contribution in [0.4, 0.5) is 11.4 Å². The van der Waals surface area contributed by atoms with Gasteiger partial charge in [0.2, 0.25) is 10.0 Å². The molecule has 0 radical (unpaired) electrons. The van der Waals surface area contributed by atoms with E-state index in [9.17, 15) is 8.42 Å². The van der Waals surface area contributed by atoms with Crippen LogP contribution in [0.5, 0.6) is 5.75 Å². The first-order valence-electron chi connectivity index (χ1n) is 11.1. The Morgan fingerprint density at radius 1 is 0.971 bits per heavy atom. The van der Waals surface area contributed by atoms with Crippen molar-refractivity contribution in [3.05, 3.63) is 66.2 Å². The minimum Gasteiger partial charge on any atom is -0.490 e. The highest BCUT2D eigenvalue weighted by molar-refractivity contribution is 7.92. The van der Waals surface area contributed by atoms with Gasteiger partial charge in [0.25, 0.3) is 0 Å². The monoisotopic (exact) mass is 479 g/mol. The van der Waals surface area contributed by atoms with Crippen molar-refractivity contribution in [3.63, 3.8) is 0 Å². The van der Waals surface area contributed by atoms with E-state index in [0.717, 1.165) is 36.7 Å².